The fourth-order valence-corrected chi connectivity index (χ4v) is 2.90. The summed E-state index contributed by atoms with van der Waals surface area (Å²) in [4.78, 5) is 38.5. The molecule has 2 rings (SSSR count). The number of halogens is 2. The Morgan fingerprint density at radius 2 is 1.92 bits per heavy atom. The first-order valence-corrected chi connectivity index (χ1v) is 7.92. The van der Waals surface area contributed by atoms with Crippen molar-refractivity contribution < 1.29 is 23.5 Å². The van der Waals surface area contributed by atoms with Crippen LogP contribution in [0.4, 0.5) is 4.39 Å². The van der Waals surface area contributed by atoms with E-state index in [4.69, 9.17) is 16.3 Å². The van der Waals surface area contributed by atoms with E-state index in [1.165, 1.54) is 25.1 Å². The molecule has 0 saturated carbocycles. The van der Waals surface area contributed by atoms with E-state index in [0.29, 0.717) is 16.8 Å². The lowest BCUT2D eigenvalue weighted by Gasteiger charge is -2.07. The number of aromatic nitrogens is 1. The van der Waals surface area contributed by atoms with E-state index in [-0.39, 0.29) is 28.5 Å². The molecule has 0 atom stereocenters. The van der Waals surface area contributed by atoms with E-state index in [9.17, 15) is 18.8 Å². The summed E-state index contributed by atoms with van der Waals surface area (Å²) in [5.41, 5.74) is 1.79. The largest absolute Gasteiger partial charge is 0.457 e. The predicted octanol–water partition coefficient (Wildman–Crippen LogP) is 3.60. The van der Waals surface area contributed by atoms with Crippen molar-refractivity contribution in [3.8, 4) is 0 Å². The van der Waals surface area contributed by atoms with Crippen molar-refractivity contribution >= 4 is 29.1 Å². The summed E-state index contributed by atoms with van der Waals surface area (Å²) < 4.78 is 18.6. The SMILES string of the molecule is CC(=O)c1c(C)[nH]c(C(=O)COC(=O)Cc2c(F)cccc2Cl)c1C. The van der Waals surface area contributed by atoms with Gasteiger partial charge < -0.3 is 9.72 Å². The Morgan fingerprint density at radius 1 is 1.24 bits per heavy atom. The van der Waals surface area contributed by atoms with Gasteiger partial charge >= 0.3 is 5.97 Å². The van der Waals surface area contributed by atoms with E-state index < -0.39 is 24.2 Å². The highest BCUT2D eigenvalue weighted by molar-refractivity contribution is 6.31. The van der Waals surface area contributed by atoms with Crippen LogP contribution in [0.25, 0.3) is 0 Å². The molecule has 0 aliphatic rings. The molecule has 0 saturated heterocycles. The van der Waals surface area contributed by atoms with E-state index >= 15 is 0 Å². The molecule has 1 heterocycles. The molecule has 0 amide bonds. The number of ether oxygens (including phenoxy) is 1. The molecule has 132 valence electrons. The Kier molecular flexibility index (Phi) is 5.74. The maximum Gasteiger partial charge on any atom is 0.310 e. The molecule has 0 fully saturated rings. The molecular formula is C18H17ClFNO4. The topological polar surface area (TPSA) is 76.2 Å². The minimum absolute atomic E-state index is 0.0207. The highest BCUT2D eigenvalue weighted by Gasteiger charge is 2.21. The number of H-pyrrole nitrogens is 1. The highest BCUT2D eigenvalue weighted by Crippen LogP contribution is 2.21. The van der Waals surface area contributed by atoms with Gasteiger partial charge in [-0.15, -0.1) is 0 Å². The van der Waals surface area contributed by atoms with Crippen molar-refractivity contribution in [2.45, 2.75) is 27.2 Å². The predicted molar refractivity (Wildman–Crippen MR) is 90.7 cm³/mol. The average Bonchev–Trinajstić information content (AvgIpc) is 2.83. The van der Waals surface area contributed by atoms with Gasteiger partial charge in [-0.05, 0) is 38.5 Å². The second-order valence-corrected chi connectivity index (χ2v) is 6.05. The van der Waals surface area contributed by atoms with E-state index in [2.05, 4.69) is 4.98 Å². The van der Waals surface area contributed by atoms with E-state index in [0.717, 1.165) is 0 Å². The number of hydrogen-bond donors (Lipinski definition) is 1. The summed E-state index contributed by atoms with van der Waals surface area (Å²) in [5.74, 6) is -2.01. The molecular weight excluding hydrogens is 349 g/mol. The van der Waals surface area contributed by atoms with Crippen LogP contribution in [0.1, 0.15) is 44.6 Å². The maximum absolute atomic E-state index is 13.7. The minimum atomic E-state index is -0.770. The fourth-order valence-electron chi connectivity index (χ4n) is 2.67. The summed E-state index contributed by atoms with van der Waals surface area (Å²) in [7, 11) is 0. The molecule has 0 bridgehead atoms. The van der Waals surface area contributed by atoms with Gasteiger partial charge in [0.15, 0.2) is 12.4 Å². The van der Waals surface area contributed by atoms with Crippen LogP contribution < -0.4 is 0 Å². The van der Waals surface area contributed by atoms with Crippen LogP contribution in [-0.2, 0) is 16.0 Å². The van der Waals surface area contributed by atoms with Gasteiger partial charge in [0.1, 0.15) is 5.82 Å². The molecule has 0 radical (unpaired) electrons. The summed E-state index contributed by atoms with van der Waals surface area (Å²) >= 11 is 5.85. The summed E-state index contributed by atoms with van der Waals surface area (Å²) in [6.07, 6.45) is -0.375. The van der Waals surface area contributed by atoms with Crippen LogP contribution in [0.3, 0.4) is 0 Å². The maximum atomic E-state index is 13.7. The van der Waals surface area contributed by atoms with Gasteiger partial charge in [-0.2, -0.15) is 0 Å². The molecule has 25 heavy (non-hydrogen) atoms. The number of carbonyl (C=O) groups excluding carboxylic acids is 3. The Morgan fingerprint density at radius 3 is 2.48 bits per heavy atom. The van der Waals surface area contributed by atoms with Gasteiger partial charge in [0.2, 0.25) is 5.78 Å². The van der Waals surface area contributed by atoms with Gasteiger partial charge in [-0.25, -0.2) is 4.39 Å². The molecule has 0 unspecified atom stereocenters. The van der Waals surface area contributed by atoms with Gasteiger partial charge in [-0.3, -0.25) is 14.4 Å². The van der Waals surface area contributed by atoms with Crippen LogP contribution in [0, 0.1) is 19.7 Å². The number of esters is 1. The smallest absolute Gasteiger partial charge is 0.310 e. The first-order chi connectivity index (χ1) is 11.7. The van der Waals surface area contributed by atoms with Crippen molar-refractivity contribution in [2.75, 3.05) is 6.61 Å². The molecule has 1 aromatic heterocycles. The Bertz CT molecular complexity index is 837. The molecule has 1 aromatic carbocycles. The lowest BCUT2D eigenvalue weighted by atomic mass is 10.1. The number of nitrogens with one attached hydrogen (secondary N) is 1. The monoisotopic (exact) mass is 365 g/mol. The second-order valence-electron chi connectivity index (χ2n) is 5.64. The van der Waals surface area contributed by atoms with Crippen LogP contribution in [0.5, 0.6) is 0 Å². The van der Waals surface area contributed by atoms with Crippen molar-refractivity contribution in [1.82, 2.24) is 4.98 Å². The zero-order chi connectivity index (χ0) is 18.7. The Labute approximate surface area is 149 Å². The lowest BCUT2D eigenvalue weighted by Crippen LogP contribution is -2.17. The van der Waals surface area contributed by atoms with E-state index in [1.807, 2.05) is 0 Å². The van der Waals surface area contributed by atoms with E-state index in [1.54, 1.807) is 13.8 Å². The van der Waals surface area contributed by atoms with Gasteiger partial charge in [0.25, 0.3) is 0 Å². The third-order valence-electron chi connectivity index (χ3n) is 3.82. The number of hydrogen-bond acceptors (Lipinski definition) is 4. The van der Waals surface area contributed by atoms with Crippen LogP contribution in [0.15, 0.2) is 18.2 Å². The van der Waals surface area contributed by atoms with Crippen molar-refractivity contribution in [2.24, 2.45) is 0 Å². The normalized spacial score (nSPS) is 10.6. The molecule has 2 aromatic rings. The highest BCUT2D eigenvalue weighted by atomic mass is 35.5. The standard InChI is InChI=1S/C18H17ClFNO4/c1-9-17(11(3)22)10(2)21-18(9)15(23)8-25-16(24)7-12-13(19)5-4-6-14(12)20/h4-6,21H,7-8H2,1-3H3. The zero-order valence-electron chi connectivity index (χ0n) is 14.0. The van der Waals surface area contributed by atoms with Crippen LogP contribution in [0.2, 0.25) is 5.02 Å². The Balaban J connectivity index is 2.04. The minimum Gasteiger partial charge on any atom is -0.457 e. The second kappa shape index (κ2) is 7.61. The fraction of sp³-hybridized carbons (Fsp3) is 0.278. The third-order valence-corrected chi connectivity index (χ3v) is 4.17. The molecule has 7 heteroatoms. The summed E-state index contributed by atoms with van der Waals surface area (Å²) in [6.45, 7) is 4.24. The number of ketones is 2. The number of benzene rings is 1. The zero-order valence-corrected chi connectivity index (χ0v) is 14.8. The number of aromatic amines is 1. The van der Waals surface area contributed by atoms with Crippen LogP contribution >= 0.6 is 11.6 Å². The third kappa shape index (κ3) is 4.14. The van der Waals surface area contributed by atoms with Crippen molar-refractivity contribution in [3.63, 3.8) is 0 Å². The number of aryl methyl sites for hydroxylation is 1. The molecule has 0 aliphatic heterocycles. The summed E-state index contributed by atoms with van der Waals surface area (Å²) in [6, 6.07) is 4.08. The van der Waals surface area contributed by atoms with Gasteiger partial charge in [0, 0.05) is 21.8 Å². The quantitative estimate of drug-likeness (QED) is 0.627. The molecule has 0 spiro atoms. The average molecular weight is 366 g/mol. The number of Topliss-reactive ketones (excluding diaryl/α,β-unsaturated/α-hetero) is 2. The number of rotatable bonds is 6. The molecule has 0 aliphatic carbocycles. The Hall–Kier alpha value is -2.47. The van der Waals surface area contributed by atoms with Crippen molar-refractivity contribution in [3.05, 3.63) is 57.1 Å². The summed E-state index contributed by atoms with van der Waals surface area (Å²) in [5, 5.41) is 0.116. The van der Waals surface area contributed by atoms with Gasteiger partial charge in [0.05, 0.1) is 12.1 Å². The van der Waals surface area contributed by atoms with Crippen LogP contribution in [-0.4, -0.2) is 29.1 Å². The lowest BCUT2D eigenvalue weighted by molar-refractivity contribution is -0.141. The first kappa shape index (κ1) is 18.9. The van der Waals surface area contributed by atoms with Crippen molar-refractivity contribution in [1.29, 1.82) is 0 Å². The first-order valence-electron chi connectivity index (χ1n) is 7.54. The van der Waals surface area contributed by atoms with Gasteiger partial charge in [-0.1, -0.05) is 17.7 Å². The molecule has 5 nitrogen and oxygen atoms in total. The number of carbonyl (C=O) groups is 3. The molecule has 1 N–H and O–H groups in total.